The van der Waals surface area contributed by atoms with Crippen molar-refractivity contribution in [3.63, 3.8) is 0 Å². The van der Waals surface area contributed by atoms with Crippen LogP contribution >= 0.6 is 0 Å². The lowest BCUT2D eigenvalue weighted by molar-refractivity contribution is -0.156. The summed E-state index contributed by atoms with van der Waals surface area (Å²) in [6, 6.07) is 0. The van der Waals surface area contributed by atoms with E-state index < -0.39 is 29.7 Å². The van der Waals surface area contributed by atoms with E-state index in [-0.39, 0.29) is 0 Å². The van der Waals surface area contributed by atoms with Crippen molar-refractivity contribution in [2.75, 3.05) is 7.11 Å². The van der Waals surface area contributed by atoms with Gasteiger partial charge >= 0.3 is 11.9 Å². The van der Waals surface area contributed by atoms with E-state index in [1.54, 1.807) is 39.0 Å². The summed E-state index contributed by atoms with van der Waals surface area (Å²) in [6.45, 7) is 6.67. The van der Waals surface area contributed by atoms with E-state index in [1.165, 1.54) is 14.0 Å². The van der Waals surface area contributed by atoms with Gasteiger partial charge in [-0.25, -0.2) is 4.79 Å². The van der Waals surface area contributed by atoms with Crippen LogP contribution in [0.25, 0.3) is 0 Å². The van der Waals surface area contributed by atoms with Crippen molar-refractivity contribution in [1.82, 2.24) is 0 Å². The predicted octanol–water partition coefficient (Wildman–Crippen LogP) is 1.77. The van der Waals surface area contributed by atoms with Gasteiger partial charge in [-0.1, -0.05) is 6.08 Å². The summed E-state index contributed by atoms with van der Waals surface area (Å²) in [4.78, 5) is 23.1. The molecule has 0 heterocycles. The summed E-state index contributed by atoms with van der Waals surface area (Å²) in [7, 11) is 1.46. The van der Waals surface area contributed by atoms with Crippen LogP contribution in [0.15, 0.2) is 23.8 Å². The monoisotopic (exact) mass is 268 g/mol. The number of hydrogen-bond acceptors (Lipinski definition) is 5. The zero-order valence-electron chi connectivity index (χ0n) is 11.9. The topological polar surface area (TPSA) is 61.8 Å². The summed E-state index contributed by atoms with van der Waals surface area (Å²) in [5, 5.41) is 0. The molecular weight excluding hydrogens is 248 g/mol. The van der Waals surface area contributed by atoms with Gasteiger partial charge in [0, 0.05) is 14.0 Å². The minimum absolute atomic E-state index is 0.339. The fourth-order valence-corrected chi connectivity index (χ4v) is 1.72. The van der Waals surface area contributed by atoms with Crippen LogP contribution in [-0.4, -0.2) is 36.9 Å². The van der Waals surface area contributed by atoms with E-state index in [4.69, 9.17) is 14.2 Å². The summed E-state index contributed by atoms with van der Waals surface area (Å²) in [6.07, 6.45) is 3.67. The Morgan fingerprint density at radius 2 is 1.89 bits per heavy atom. The van der Waals surface area contributed by atoms with Crippen molar-refractivity contribution >= 4 is 11.9 Å². The lowest BCUT2D eigenvalue weighted by atomic mass is 9.98. The fraction of sp³-hybridized carbons (Fsp3) is 0.571. The maximum absolute atomic E-state index is 12.1. The standard InChI is InChI=1S/C14H20O5/c1-9(15)18-11-8-6-7-10(12(11)17-5)13(16)19-14(2,3)4/h6-8,11-12H,1-5H3/t11-,12-/m0/s1. The molecule has 2 atom stereocenters. The van der Waals surface area contributed by atoms with Crippen molar-refractivity contribution in [2.45, 2.75) is 45.5 Å². The highest BCUT2D eigenvalue weighted by molar-refractivity contribution is 5.91. The lowest BCUT2D eigenvalue weighted by Crippen LogP contribution is -2.38. The average Bonchev–Trinajstić information content (AvgIpc) is 2.25. The summed E-state index contributed by atoms with van der Waals surface area (Å²) in [5.74, 6) is -0.900. The van der Waals surface area contributed by atoms with Crippen LogP contribution < -0.4 is 0 Å². The maximum atomic E-state index is 12.1. The van der Waals surface area contributed by atoms with Crippen LogP contribution in [-0.2, 0) is 23.8 Å². The number of hydrogen-bond donors (Lipinski definition) is 0. The smallest absolute Gasteiger partial charge is 0.337 e. The van der Waals surface area contributed by atoms with Crippen LogP contribution in [0.3, 0.4) is 0 Å². The zero-order chi connectivity index (χ0) is 14.6. The Labute approximate surface area is 113 Å². The lowest BCUT2D eigenvalue weighted by Gasteiger charge is -2.28. The van der Waals surface area contributed by atoms with Crippen LogP contribution in [0.1, 0.15) is 27.7 Å². The zero-order valence-corrected chi connectivity index (χ0v) is 11.9. The molecule has 0 radical (unpaired) electrons. The Morgan fingerprint density at radius 1 is 1.26 bits per heavy atom. The molecule has 0 saturated heterocycles. The van der Waals surface area contributed by atoms with Gasteiger partial charge in [0.1, 0.15) is 11.7 Å². The Morgan fingerprint density at radius 3 is 2.37 bits per heavy atom. The fourth-order valence-electron chi connectivity index (χ4n) is 1.72. The average molecular weight is 268 g/mol. The molecule has 0 aromatic heterocycles. The van der Waals surface area contributed by atoms with Crippen LogP contribution in [0.5, 0.6) is 0 Å². The number of esters is 2. The van der Waals surface area contributed by atoms with Gasteiger partial charge in [0.25, 0.3) is 0 Å². The maximum Gasteiger partial charge on any atom is 0.337 e. The van der Waals surface area contributed by atoms with Crippen LogP contribution in [0, 0.1) is 0 Å². The van der Waals surface area contributed by atoms with Gasteiger partial charge in [-0.15, -0.1) is 0 Å². The third-order valence-electron chi connectivity index (χ3n) is 2.37. The molecule has 106 valence electrons. The summed E-state index contributed by atoms with van der Waals surface area (Å²) in [5.41, 5.74) is -0.250. The van der Waals surface area contributed by atoms with E-state index in [2.05, 4.69) is 0 Å². The van der Waals surface area contributed by atoms with Crippen LogP contribution in [0.2, 0.25) is 0 Å². The first-order valence-electron chi connectivity index (χ1n) is 6.06. The molecule has 19 heavy (non-hydrogen) atoms. The number of ether oxygens (including phenoxy) is 3. The number of carbonyl (C=O) groups excluding carboxylic acids is 2. The second-order valence-corrected chi connectivity index (χ2v) is 5.24. The molecule has 5 nitrogen and oxygen atoms in total. The SMILES string of the molecule is CO[C@H]1C(C(=O)OC(C)(C)C)=CC=C[C@@H]1OC(C)=O. The van der Waals surface area contributed by atoms with Gasteiger partial charge in [0.2, 0.25) is 0 Å². The Bertz CT molecular complexity index is 414. The molecule has 0 N–H and O–H groups in total. The molecule has 0 aromatic carbocycles. The first-order valence-corrected chi connectivity index (χ1v) is 6.06. The van der Waals surface area contributed by atoms with E-state index in [0.29, 0.717) is 5.57 Å². The number of methoxy groups -OCH3 is 1. The molecule has 0 saturated carbocycles. The molecule has 0 bridgehead atoms. The minimum Gasteiger partial charge on any atom is -0.457 e. The third kappa shape index (κ3) is 4.52. The normalized spacial score (nSPS) is 22.7. The highest BCUT2D eigenvalue weighted by Crippen LogP contribution is 2.23. The Hall–Kier alpha value is -1.62. The van der Waals surface area contributed by atoms with Gasteiger partial charge in [-0.2, -0.15) is 0 Å². The molecule has 0 spiro atoms. The Balaban J connectivity index is 2.87. The van der Waals surface area contributed by atoms with Crippen molar-refractivity contribution < 1.29 is 23.8 Å². The molecule has 1 aliphatic carbocycles. The van der Waals surface area contributed by atoms with Gasteiger partial charge in [-0.3, -0.25) is 4.79 Å². The summed E-state index contributed by atoms with van der Waals surface area (Å²) < 4.78 is 15.7. The van der Waals surface area contributed by atoms with Crippen molar-refractivity contribution in [2.24, 2.45) is 0 Å². The molecule has 0 fully saturated rings. The minimum atomic E-state index is -0.649. The summed E-state index contributed by atoms with van der Waals surface area (Å²) >= 11 is 0. The van der Waals surface area contributed by atoms with Crippen molar-refractivity contribution in [3.8, 4) is 0 Å². The second-order valence-electron chi connectivity index (χ2n) is 5.24. The largest absolute Gasteiger partial charge is 0.457 e. The highest BCUT2D eigenvalue weighted by atomic mass is 16.6. The first-order chi connectivity index (χ1) is 8.74. The second kappa shape index (κ2) is 6.02. The molecule has 0 aromatic rings. The van der Waals surface area contributed by atoms with Crippen molar-refractivity contribution in [3.05, 3.63) is 23.8 Å². The Kier molecular flexibility index (Phi) is 4.89. The number of allylic oxidation sites excluding steroid dienone is 2. The molecule has 1 rings (SSSR count). The predicted molar refractivity (Wildman–Crippen MR) is 69.4 cm³/mol. The van der Waals surface area contributed by atoms with Crippen LogP contribution in [0.4, 0.5) is 0 Å². The number of carbonyl (C=O) groups is 2. The van der Waals surface area contributed by atoms with Gasteiger partial charge in [-0.05, 0) is 32.9 Å². The molecule has 0 aliphatic heterocycles. The highest BCUT2D eigenvalue weighted by Gasteiger charge is 2.34. The van der Waals surface area contributed by atoms with Gasteiger partial charge in [0.05, 0.1) is 5.57 Å². The molecule has 5 heteroatoms. The van der Waals surface area contributed by atoms with Gasteiger partial charge < -0.3 is 14.2 Å². The molecular formula is C14H20O5. The van der Waals surface area contributed by atoms with Crippen molar-refractivity contribution in [1.29, 1.82) is 0 Å². The third-order valence-corrected chi connectivity index (χ3v) is 2.37. The van der Waals surface area contributed by atoms with E-state index in [0.717, 1.165) is 0 Å². The van der Waals surface area contributed by atoms with E-state index in [9.17, 15) is 9.59 Å². The molecule has 0 amide bonds. The first kappa shape index (κ1) is 15.4. The van der Waals surface area contributed by atoms with E-state index >= 15 is 0 Å². The van der Waals surface area contributed by atoms with E-state index in [1.807, 2.05) is 0 Å². The molecule has 0 unspecified atom stereocenters. The van der Waals surface area contributed by atoms with Gasteiger partial charge in [0.15, 0.2) is 6.10 Å². The molecule has 1 aliphatic rings. The quantitative estimate of drug-likeness (QED) is 0.730. The number of rotatable bonds is 3.